The van der Waals surface area contributed by atoms with Crippen LogP contribution in [0.1, 0.15) is 25.1 Å². The molecule has 0 aliphatic carbocycles. The van der Waals surface area contributed by atoms with Crippen LogP contribution in [0.4, 0.5) is 10.3 Å². The highest BCUT2D eigenvalue weighted by atomic mass is 35.5. The lowest BCUT2D eigenvalue weighted by Crippen LogP contribution is -2.39. The molecule has 6 nitrogen and oxygen atoms in total. The van der Waals surface area contributed by atoms with E-state index in [2.05, 4.69) is 27.0 Å². The number of hydrogen-bond acceptors (Lipinski definition) is 5. The monoisotopic (exact) mass is 339 g/mol. The van der Waals surface area contributed by atoms with Crippen molar-refractivity contribution in [2.24, 2.45) is 0 Å². The number of alkyl halides is 1. The van der Waals surface area contributed by atoms with E-state index >= 15 is 0 Å². The van der Waals surface area contributed by atoms with Gasteiger partial charge in [0.2, 0.25) is 5.95 Å². The Balaban J connectivity index is 1.81. The van der Waals surface area contributed by atoms with Crippen molar-refractivity contribution >= 4 is 23.1 Å². The maximum Gasteiger partial charge on any atom is 0.241 e. The largest absolute Gasteiger partial charge is 0.378 e. The van der Waals surface area contributed by atoms with Gasteiger partial charge in [-0.2, -0.15) is 0 Å². The fraction of sp³-hybridized carbons (Fsp3) is 0.533. The van der Waals surface area contributed by atoms with Gasteiger partial charge in [-0.1, -0.05) is 17.7 Å². The second-order valence-electron chi connectivity index (χ2n) is 5.51. The van der Waals surface area contributed by atoms with Crippen LogP contribution in [0.5, 0.6) is 0 Å². The summed E-state index contributed by atoms with van der Waals surface area (Å²) < 4.78 is 20.6. The summed E-state index contributed by atoms with van der Waals surface area (Å²) in [4.78, 5) is 8.55. The molecule has 1 aliphatic rings. The Morgan fingerprint density at radius 1 is 1.57 bits per heavy atom. The molecule has 0 aromatic carbocycles. The molecule has 0 saturated carbocycles. The smallest absolute Gasteiger partial charge is 0.241 e. The van der Waals surface area contributed by atoms with Gasteiger partial charge in [0.05, 0.1) is 18.8 Å². The molecule has 1 fully saturated rings. The van der Waals surface area contributed by atoms with Crippen LogP contribution < -0.4 is 5.32 Å². The number of aromatic nitrogens is 4. The molecule has 2 unspecified atom stereocenters. The molecule has 1 saturated heterocycles. The summed E-state index contributed by atoms with van der Waals surface area (Å²) in [7, 11) is 0. The van der Waals surface area contributed by atoms with Crippen LogP contribution in [0.2, 0.25) is 5.15 Å². The third-order valence-electron chi connectivity index (χ3n) is 3.83. The zero-order valence-electron chi connectivity index (χ0n) is 12.7. The van der Waals surface area contributed by atoms with Gasteiger partial charge < -0.3 is 10.1 Å². The van der Waals surface area contributed by atoms with E-state index in [1.165, 1.54) is 0 Å². The minimum Gasteiger partial charge on any atom is -0.378 e. The first kappa shape index (κ1) is 16.1. The van der Waals surface area contributed by atoms with Gasteiger partial charge in [0.15, 0.2) is 5.15 Å². The van der Waals surface area contributed by atoms with Crippen LogP contribution in [0, 0.1) is 0 Å². The first-order valence-electron chi connectivity index (χ1n) is 7.68. The van der Waals surface area contributed by atoms with Gasteiger partial charge in [0.1, 0.15) is 17.5 Å². The predicted octanol–water partition coefficient (Wildman–Crippen LogP) is 2.83. The number of halogens is 2. The van der Waals surface area contributed by atoms with E-state index in [-0.39, 0.29) is 12.6 Å². The third kappa shape index (κ3) is 3.61. The SMILES string of the molecule is C=CCCCc1nc(Cl)c2cnc(NC3CCOCC3F)nn12. The number of unbranched alkanes of at least 4 members (excludes halogenated alkanes) is 1. The summed E-state index contributed by atoms with van der Waals surface area (Å²) in [6, 6.07) is -0.343. The number of aryl methyl sites for hydroxylation is 1. The Hall–Kier alpha value is -1.73. The normalized spacial score (nSPS) is 21.5. The van der Waals surface area contributed by atoms with Crippen LogP contribution >= 0.6 is 11.6 Å². The van der Waals surface area contributed by atoms with Gasteiger partial charge in [0.25, 0.3) is 0 Å². The molecule has 124 valence electrons. The van der Waals surface area contributed by atoms with Crippen molar-refractivity contribution < 1.29 is 9.13 Å². The number of allylic oxidation sites excluding steroid dienone is 1. The van der Waals surface area contributed by atoms with Crippen molar-refractivity contribution in [3.8, 4) is 0 Å². The van der Waals surface area contributed by atoms with E-state index in [1.54, 1.807) is 10.7 Å². The lowest BCUT2D eigenvalue weighted by atomic mass is 10.1. The summed E-state index contributed by atoms with van der Waals surface area (Å²) >= 11 is 6.13. The third-order valence-corrected chi connectivity index (χ3v) is 4.10. The summed E-state index contributed by atoms with van der Waals surface area (Å²) in [6.45, 7) is 4.34. The van der Waals surface area contributed by atoms with Crippen LogP contribution in [0.3, 0.4) is 0 Å². The quantitative estimate of drug-likeness (QED) is 0.647. The van der Waals surface area contributed by atoms with Crippen molar-refractivity contribution in [3.63, 3.8) is 0 Å². The van der Waals surface area contributed by atoms with E-state index in [0.717, 1.165) is 25.1 Å². The molecule has 8 heteroatoms. The lowest BCUT2D eigenvalue weighted by molar-refractivity contribution is 0.0284. The molecule has 1 N–H and O–H groups in total. The van der Waals surface area contributed by atoms with Gasteiger partial charge in [-0.15, -0.1) is 11.7 Å². The number of ether oxygens (including phenoxy) is 1. The predicted molar refractivity (Wildman–Crippen MR) is 86.7 cm³/mol. The lowest BCUT2D eigenvalue weighted by Gasteiger charge is -2.26. The molecule has 0 bridgehead atoms. The summed E-state index contributed by atoms with van der Waals surface area (Å²) in [5, 5.41) is 7.83. The average Bonchev–Trinajstić information content (AvgIpc) is 2.86. The molecule has 2 atom stereocenters. The van der Waals surface area contributed by atoms with Gasteiger partial charge >= 0.3 is 0 Å². The van der Waals surface area contributed by atoms with Gasteiger partial charge in [0, 0.05) is 13.0 Å². The second-order valence-corrected chi connectivity index (χ2v) is 5.87. The molecular weight excluding hydrogens is 321 g/mol. The Morgan fingerprint density at radius 3 is 3.22 bits per heavy atom. The highest BCUT2D eigenvalue weighted by Gasteiger charge is 2.26. The highest BCUT2D eigenvalue weighted by Crippen LogP contribution is 2.20. The molecule has 3 heterocycles. The molecule has 1 aliphatic heterocycles. The number of nitrogens with zero attached hydrogens (tertiary/aromatic N) is 4. The Kier molecular flexibility index (Phi) is 5.07. The first-order valence-corrected chi connectivity index (χ1v) is 8.06. The summed E-state index contributed by atoms with van der Waals surface area (Å²) in [6.07, 6.45) is 5.53. The topological polar surface area (TPSA) is 64.3 Å². The fourth-order valence-electron chi connectivity index (χ4n) is 2.57. The Labute approximate surface area is 138 Å². The van der Waals surface area contributed by atoms with E-state index in [1.807, 2.05) is 6.08 Å². The van der Waals surface area contributed by atoms with Gasteiger partial charge in [-0.3, -0.25) is 0 Å². The van der Waals surface area contributed by atoms with Crippen LogP contribution in [-0.4, -0.2) is 45.0 Å². The number of imidazole rings is 1. The van der Waals surface area contributed by atoms with Crippen molar-refractivity contribution in [2.45, 2.75) is 37.9 Å². The van der Waals surface area contributed by atoms with Gasteiger partial charge in [-0.05, 0) is 19.3 Å². The van der Waals surface area contributed by atoms with Crippen LogP contribution in [-0.2, 0) is 11.2 Å². The highest BCUT2D eigenvalue weighted by molar-refractivity contribution is 6.32. The van der Waals surface area contributed by atoms with Gasteiger partial charge in [-0.25, -0.2) is 18.9 Å². The van der Waals surface area contributed by atoms with E-state index < -0.39 is 6.17 Å². The maximum atomic E-state index is 13.8. The molecule has 2 aromatic heterocycles. The standard InChI is InChI=1S/C15H19ClFN5O/c1-2-3-4-5-13-20-14(16)12-8-18-15(21-22(12)13)19-11-6-7-23-9-10(11)17/h2,8,10-11H,1,3-7,9H2,(H,19,21). The molecular formula is C15H19ClFN5O. The van der Waals surface area contributed by atoms with E-state index in [4.69, 9.17) is 16.3 Å². The minimum absolute atomic E-state index is 0.101. The Bertz CT molecular complexity index is 692. The zero-order chi connectivity index (χ0) is 16.2. The van der Waals surface area contributed by atoms with Crippen molar-refractivity contribution in [2.75, 3.05) is 18.5 Å². The van der Waals surface area contributed by atoms with Crippen LogP contribution in [0.15, 0.2) is 18.9 Å². The Morgan fingerprint density at radius 2 is 2.43 bits per heavy atom. The summed E-state index contributed by atoms with van der Waals surface area (Å²) in [5.74, 6) is 1.13. The second kappa shape index (κ2) is 7.23. The first-order chi connectivity index (χ1) is 11.2. The zero-order valence-corrected chi connectivity index (χ0v) is 13.5. The number of hydrogen-bond donors (Lipinski definition) is 1. The number of anilines is 1. The molecule has 23 heavy (non-hydrogen) atoms. The molecule has 0 spiro atoms. The van der Waals surface area contributed by atoms with Crippen molar-refractivity contribution in [3.05, 3.63) is 29.8 Å². The number of rotatable bonds is 6. The number of nitrogens with one attached hydrogen (secondary N) is 1. The molecule has 0 radical (unpaired) electrons. The van der Waals surface area contributed by atoms with E-state index in [9.17, 15) is 4.39 Å². The fourth-order valence-corrected chi connectivity index (χ4v) is 2.80. The van der Waals surface area contributed by atoms with E-state index in [0.29, 0.717) is 29.6 Å². The van der Waals surface area contributed by atoms with Crippen molar-refractivity contribution in [1.29, 1.82) is 0 Å². The van der Waals surface area contributed by atoms with Crippen LogP contribution in [0.25, 0.3) is 5.52 Å². The molecule has 3 rings (SSSR count). The molecule has 2 aromatic rings. The average molecular weight is 340 g/mol. The summed E-state index contributed by atoms with van der Waals surface area (Å²) in [5.41, 5.74) is 0.648. The van der Waals surface area contributed by atoms with Crippen molar-refractivity contribution in [1.82, 2.24) is 19.6 Å². The molecule has 0 amide bonds. The minimum atomic E-state index is -1.07. The number of fused-ring (bicyclic) bond motifs is 1. The maximum absolute atomic E-state index is 13.8.